The zero-order chi connectivity index (χ0) is 16.4. The minimum atomic E-state index is -3.69. The maximum atomic E-state index is 12.7. The Balaban J connectivity index is 1.68. The van der Waals surface area contributed by atoms with Crippen molar-refractivity contribution in [3.8, 4) is 6.07 Å². The summed E-state index contributed by atoms with van der Waals surface area (Å²) in [6.07, 6.45) is 3.13. The van der Waals surface area contributed by atoms with E-state index in [1.807, 2.05) is 6.07 Å². The first kappa shape index (κ1) is 16.0. The number of nitriles is 1. The summed E-state index contributed by atoms with van der Waals surface area (Å²) in [7, 11) is -3.69. The number of piperidine rings is 1. The lowest BCUT2D eigenvalue weighted by Crippen LogP contribution is -2.43. The molecule has 1 aliphatic carbocycles. The van der Waals surface area contributed by atoms with Crippen LogP contribution in [0.2, 0.25) is 0 Å². The summed E-state index contributed by atoms with van der Waals surface area (Å²) in [6, 6.07) is 8.47. The highest BCUT2D eigenvalue weighted by Crippen LogP contribution is 2.27. The molecule has 2 aliphatic rings. The molecule has 0 atom stereocenters. The van der Waals surface area contributed by atoms with Gasteiger partial charge in [0.25, 0.3) is 0 Å². The molecule has 122 valence electrons. The lowest BCUT2D eigenvalue weighted by molar-refractivity contribution is -0.126. The number of hydrogen-bond donors (Lipinski definition) is 1. The van der Waals surface area contributed by atoms with Crippen LogP contribution in [-0.4, -0.2) is 37.8 Å². The largest absolute Gasteiger partial charge is 0.353 e. The van der Waals surface area contributed by atoms with Gasteiger partial charge in [-0.1, -0.05) is 12.1 Å². The van der Waals surface area contributed by atoms with Crippen molar-refractivity contribution in [2.45, 2.75) is 36.6 Å². The summed E-state index contributed by atoms with van der Waals surface area (Å²) < 4.78 is 26.8. The van der Waals surface area contributed by atoms with Crippen LogP contribution in [0, 0.1) is 17.2 Å². The van der Waals surface area contributed by atoms with E-state index in [4.69, 9.17) is 5.26 Å². The smallest absolute Gasteiger partial charge is 0.244 e. The van der Waals surface area contributed by atoms with E-state index < -0.39 is 10.0 Å². The van der Waals surface area contributed by atoms with E-state index in [1.54, 1.807) is 12.1 Å². The quantitative estimate of drug-likeness (QED) is 0.897. The van der Waals surface area contributed by atoms with E-state index >= 15 is 0 Å². The fraction of sp³-hybridized carbons (Fsp3) is 0.500. The summed E-state index contributed by atoms with van der Waals surface area (Å²) in [5.41, 5.74) is 0.154. The van der Waals surface area contributed by atoms with Crippen LogP contribution in [0.5, 0.6) is 0 Å². The van der Waals surface area contributed by atoms with Crippen LogP contribution in [0.4, 0.5) is 0 Å². The molecule has 23 heavy (non-hydrogen) atoms. The Labute approximate surface area is 136 Å². The summed E-state index contributed by atoms with van der Waals surface area (Å²) in [4.78, 5) is 12.1. The summed E-state index contributed by atoms with van der Waals surface area (Å²) in [6.45, 7) is 0.621. The van der Waals surface area contributed by atoms with Crippen molar-refractivity contribution in [1.82, 2.24) is 9.62 Å². The summed E-state index contributed by atoms with van der Waals surface area (Å²) in [5, 5.41) is 12.1. The fourth-order valence-corrected chi connectivity index (χ4v) is 4.44. The molecule has 1 aromatic rings. The van der Waals surface area contributed by atoms with Crippen molar-refractivity contribution < 1.29 is 13.2 Å². The predicted molar refractivity (Wildman–Crippen MR) is 83.8 cm³/mol. The third-order valence-electron chi connectivity index (χ3n) is 4.37. The average molecular weight is 333 g/mol. The van der Waals surface area contributed by atoms with Crippen LogP contribution in [0.25, 0.3) is 0 Å². The van der Waals surface area contributed by atoms with Gasteiger partial charge in [-0.3, -0.25) is 4.79 Å². The highest BCUT2D eigenvalue weighted by atomic mass is 32.2. The van der Waals surface area contributed by atoms with Crippen molar-refractivity contribution in [3.63, 3.8) is 0 Å². The minimum Gasteiger partial charge on any atom is -0.353 e. The standard InChI is InChI=1S/C16H19N3O3S/c17-11-13-3-1-2-4-15(13)23(21,22)19-9-7-12(8-10-19)16(20)18-14-5-6-14/h1-4,12,14H,5-10H2,(H,18,20). The van der Waals surface area contributed by atoms with Crippen LogP contribution in [0.1, 0.15) is 31.2 Å². The molecule has 2 fully saturated rings. The van der Waals surface area contributed by atoms with Crippen LogP contribution >= 0.6 is 0 Å². The third kappa shape index (κ3) is 3.38. The fourth-order valence-electron chi connectivity index (χ4n) is 2.83. The van der Waals surface area contributed by atoms with E-state index in [1.165, 1.54) is 16.4 Å². The van der Waals surface area contributed by atoms with Gasteiger partial charge < -0.3 is 5.32 Å². The van der Waals surface area contributed by atoms with Gasteiger partial charge in [0.2, 0.25) is 15.9 Å². The monoisotopic (exact) mass is 333 g/mol. The van der Waals surface area contributed by atoms with Crippen molar-refractivity contribution in [2.24, 2.45) is 5.92 Å². The second-order valence-corrected chi connectivity index (χ2v) is 7.98. The summed E-state index contributed by atoms with van der Waals surface area (Å²) >= 11 is 0. The zero-order valence-corrected chi connectivity index (χ0v) is 13.6. The molecule has 0 spiro atoms. The van der Waals surface area contributed by atoms with Crippen LogP contribution in [-0.2, 0) is 14.8 Å². The molecule has 1 saturated heterocycles. The second kappa shape index (κ2) is 6.30. The van der Waals surface area contributed by atoms with Gasteiger partial charge >= 0.3 is 0 Å². The second-order valence-electron chi connectivity index (χ2n) is 6.07. The van der Waals surface area contributed by atoms with Crippen LogP contribution in [0.15, 0.2) is 29.2 Å². The third-order valence-corrected chi connectivity index (χ3v) is 6.33. The number of amides is 1. The number of rotatable bonds is 4. The summed E-state index contributed by atoms with van der Waals surface area (Å²) in [5.74, 6) is -0.0739. The minimum absolute atomic E-state index is 0.0435. The van der Waals surface area contributed by atoms with Crippen LogP contribution < -0.4 is 5.32 Å². The Morgan fingerprint density at radius 1 is 1.17 bits per heavy atom. The molecule has 1 saturated carbocycles. The van der Waals surface area contributed by atoms with Crippen molar-refractivity contribution >= 4 is 15.9 Å². The van der Waals surface area contributed by atoms with Crippen molar-refractivity contribution in [2.75, 3.05) is 13.1 Å². The Kier molecular flexibility index (Phi) is 4.37. The number of benzene rings is 1. The Morgan fingerprint density at radius 3 is 2.43 bits per heavy atom. The number of carbonyl (C=O) groups excluding carboxylic acids is 1. The number of sulfonamides is 1. The maximum absolute atomic E-state index is 12.7. The molecule has 1 aliphatic heterocycles. The number of carbonyl (C=O) groups is 1. The lowest BCUT2D eigenvalue weighted by atomic mass is 9.97. The molecule has 3 rings (SSSR count). The average Bonchev–Trinajstić information content (AvgIpc) is 3.39. The van der Waals surface area contributed by atoms with Gasteiger partial charge in [-0.15, -0.1) is 0 Å². The van der Waals surface area contributed by atoms with Gasteiger partial charge in [0.1, 0.15) is 6.07 Å². The SMILES string of the molecule is N#Cc1ccccc1S(=O)(=O)N1CCC(C(=O)NC2CC2)CC1. The zero-order valence-electron chi connectivity index (χ0n) is 12.7. The molecular weight excluding hydrogens is 314 g/mol. The van der Waals surface area contributed by atoms with Gasteiger partial charge in [-0.2, -0.15) is 9.57 Å². The van der Waals surface area contributed by atoms with Gasteiger partial charge in [-0.25, -0.2) is 8.42 Å². The molecule has 0 radical (unpaired) electrons. The number of nitrogens with one attached hydrogen (secondary N) is 1. The molecule has 1 heterocycles. The van der Waals surface area contributed by atoms with E-state index in [0.29, 0.717) is 32.0 Å². The first-order chi connectivity index (χ1) is 11.0. The number of hydrogen-bond acceptors (Lipinski definition) is 4. The predicted octanol–water partition coefficient (Wildman–Crippen LogP) is 1.24. The van der Waals surface area contributed by atoms with Gasteiger partial charge in [-0.05, 0) is 37.8 Å². The Hall–Kier alpha value is -1.91. The van der Waals surface area contributed by atoms with Crippen molar-refractivity contribution in [1.29, 1.82) is 5.26 Å². The molecule has 0 unspecified atom stereocenters. The first-order valence-electron chi connectivity index (χ1n) is 7.82. The lowest BCUT2D eigenvalue weighted by Gasteiger charge is -2.30. The topological polar surface area (TPSA) is 90.3 Å². The molecule has 1 aromatic carbocycles. The maximum Gasteiger partial charge on any atom is 0.244 e. The highest BCUT2D eigenvalue weighted by Gasteiger charge is 2.34. The normalized spacial score (nSPS) is 20.0. The molecule has 0 bridgehead atoms. The van der Waals surface area contributed by atoms with Crippen LogP contribution in [0.3, 0.4) is 0 Å². The molecule has 0 aromatic heterocycles. The van der Waals surface area contributed by atoms with Gasteiger partial charge in [0, 0.05) is 25.0 Å². The molecule has 7 heteroatoms. The van der Waals surface area contributed by atoms with E-state index in [9.17, 15) is 13.2 Å². The van der Waals surface area contributed by atoms with Gasteiger partial charge in [0.05, 0.1) is 10.5 Å². The molecule has 6 nitrogen and oxygen atoms in total. The van der Waals surface area contributed by atoms with Gasteiger partial charge in [0.15, 0.2) is 0 Å². The highest BCUT2D eigenvalue weighted by molar-refractivity contribution is 7.89. The van der Waals surface area contributed by atoms with E-state index in [-0.39, 0.29) is 22.3 Å². The van der Waals surface area contributed by atoms with Crippen molar-refractivity contribution in [3.05, 3.63) is 29.8 Å². The Bertz CT molecular complexity index is 742. The number of nitrogens with zero attached hydrogens (tertiary/aromatic N) is 2. The molecule has 1 N–H and O–H groups in total. The first-order valence-corrected chi connectivity index (χ1v) is 9.26. The molecular formula is C16H19N3O3S. The molecule has 1 amide bonds. The van der Waals surface area contributed by atoms with E-state index in [2.05, 4.69) is 5.32 Å². The van der Waals surface area contributed by atoms with E-state index in [0.717, 1.165) is 12.8 Å². The Morgan fingerprint density at radius 2 is 1.83 bits per heavy atom.